The molecule has 0 saturated carbocycles. The summed E-state index contributed by atoms with van der Waals surface area (Å²) in [7, 11) is 0. The molecule has 0 radical (unpaired) electrons. The number of aromatic hydroxyl groups is 1. The molecule has 0 aliphatic carbocycles. The monoisotopic (exact) mass is 173 g/mol. The molecule has 0 saturated heterocycles. The molecule has 0 aliphatic heterocycles. The van der Waals surface area contributed by atoms with E-state index < -0.39 is 18.5 Å². The zero-order valence-electron chi connectivity index (χ0n) is 6.30. The van der Waals surface area contributed by atoms with Gasteiger partial charge >= 0.3 is 0 Å². The van der Waals surface area contributed by atoms with Crippen LogP contribution in [0.3, 0.4) is 0 Å². The third-order valence-electron chi connectivity index (χ3n) is 1.55. The Kier molecular flexibility index (Phi) is 2.60. The van der Waals surface area contributed by atoms with Crippen LogP contribution in [0.1, 0.15) is 11.6 Å². The normalized spacial score (nSPS) is 12.9. The van der Waals surface area contributed by atoms with Crippen molar-refractivity contribution in [1.82, 2.24) is 0 Å². The molecule has 1 rings (SSSR count). The van der Waals surface area contributed by atoms with Gasteiger partial charge in [-0.3, -0.25) is 0 Å². The minimum atomic E-state index is -1.00. The molecular weight excluding hydrogens is 164 g/mol. The Hall–Kier alpha value is -1.16. The lowest BCUT2D eigenvalue weighted by Crippen LogP contribution is -2.13. The lowest BCUT2D eigenvalue weighted by atomic mass is 10.1. The molecule has 3 N–H and O–H groups in total. The smallest absolute Gasteiger partial charge is 0.128 e. The zero-order valence-corrected chi connectivity index (χ0v) is 6.30. The van der Waals surface area contributed by atoms with Gasteiger partial charge in [-0.2, -0.15) is 0 Å². The molecule has 0 aromatic heterocycles. The average molecular weight is 173 g/mol. The fourth-order valence-corrected chi connectivity index (χ4v) is 0.898. The van der Waals surface area contributed by atoms with Gasteiger partial charge in [0.25, 0.3) is 0 Å². The predicted octanol–water partition coefficient (Wildman–Crippen LogP) is 1.50. The summed E-state index contributed by atoms with van der Waals surface area (Å²) in [5.41, 5.74) is 5.24. The molecule has 0 spiro atoms. The molecule has 1 atom stereocenters. The Morgan fingerprint density at radius 3 is 2.75 bits per heavy atom. The van der Waals surface area contributed by atoms with Gasteiger partial charge in [0.2, 0.25) is 0 Å². The van der Waals surface area contributed by atoms with Crippen LogP contribution in [0.15, 0.2) is 18.2 Å². The fourth-order valence-electron chi connectivity index (χ4n) is 0.898. The van der Waals surface area contributed by atoms with Crippen molar-refractivity contribution in [2.75, 3.05) is 6.67 Å². The minimum Gasteiger partial charge on any atom is -0.508 e. The van der Waals surface area contributed by atoms with E-state index in [1.807, 2.05) is 0 Å². The molecular formula is C8H9F2NO. The van der Waals surface area contributed by atoms with Gasteiger partial charge in [-0.15, -0.1) is 0 Å². The SMILES string of the molecule is NC(CF)c1cc(O)ccc1F. The number of phenolic OH excluding ortho intramolecular Hbond substituents is 1. The molecule has 2 nitrogen and oxygen atoms in total. The Bertz CT molecular complexity index is 278. The Morgan fingerprint density at radius 2 is 2.17 bits per heavy atom. The van der Waals surface area contributed by atoms with E-state index in [0.29, 0.717) is 0 Å². The predicted molar refractivity (Wildman–Crippen MR) is 41.0 cm³/mol. The van der Waals surface area contributed by atoms with E-state index in [2.05, 4.69) is 0 Å². The number of halogens is 2. The maximum Gasteiger partial charge on any atom is 0.128 e. The first-order valence-electron chi connectivity index (χ1n) is 3.45. The maximum absolute atomic E-state index is 12.8. The summed E-state index contributed by atoms with van der Waals surface area (Å²) in [6, 6.07) is 2.36. The first-order chi connectivity index (χ1) is 5.65. The van der Waals surface area contributed by atoms with Gasteiger partial charge in [-0.25, -0.2) is 8.78 Å². The second-order valence-corrected chi connectivity index (χ2v) is 2.47. The van der Waals surface area contributed by atoms with E-state index in [1.165, 1.54) is 6.07 Å². The highest BCUT2D eigenvalue weighted by Crippen LogP contribution is 2.20. The molecule has 0 fully saturated rings. The number of hydrogen-bond acceptors (Lipinski definition) is 2. The topological polar surface area (TPSA) is 46.2 Å². The van der Waals surface area contributed by atoms with Crippen LogP contribution in [0.4, 0.5) is 8.78 Å². The van der Waals surface area contributed by atoms with Gasteiger partial charge in [-0.1, -0.05) is 0 Å². The summed E-state index contributed by atoms with van der Waals surface area (Å²) < 4.78 is 24.9. The summed E-state index contributed by atoms with van der Waals surface area (Å²) in [6.07, 6.45) is 0. The van der Waals surface area contributed by atoms with Crippen molar-refractivity contribution in [2.45, 2.75) is 6.04 Å². The van der Waals surface area contributed by atoms with Crippen LogP contribution < -0.4 is 5.73 Å². The third kappa shape index (κ3) is 1.71. The van der Waals surface area contributed by atoms with Crippen LogP contribution in [-0.4, -0.2) is 11.8 Å². The fraction of sp³-hybridized carbons (Fsp3) is 0.250. The van der Waals surface area contributed by atoms with Crippen LogP contribution in [0, 0.1) is 5.82 Å². The Morgan fingerprint density at radius 1 is 1.50 bits per heavy atom. The molecule has 0 aliphatic rings. The number of hydrogen-bond donors (Lipinski definition) is 2. The van der Waals surface area contributed by atoms with E-state index in [9.17, 15) is 8.78 Å². The maximum atomic E-state index is 12.8. The molecule has 1 aromatic carbocycles. The molecule has 1 aromatic rings. The van der Waals surface area contributed by atoms with Gasteiger partial charge in [-0.05, 0) is 18.2 Å². The van der Waals surface area contributed by atoms with Crippen LogP contribution >= 0.6 is 0 Å². The molecule has 4 heteroatoms. The highest BCUT2D eigenvalue weighted by atomic mass is 19.1. The molecule has 0 heterocycles. The largest absolute Gasteiger partial charge is 0.508 e. The highest BCUT2D eigenvalue weighted by Gasteiger charge is 2.11. The first-order valence-corrected chi connectivity index (χ1v) is 3.45. The summed E-state index contributed by atoms with van der Waals surface area (Å²) in [5, 5.41) is 8.94. The van der Waals surface area contributed by atoms with E-state index in [-0.39, 0.29) is 11.3 Å². The molecule has 0 bridgehead atoms. The molecule has 66 valence electrons. The quantitative estimate of drug-likeness (QED) is 0.711. The van der Waals surface area contributed by atoms with Gasteiger partial charge in [0.05, 0.1) is 6.04 Å². The lowest BCUT2D eigenvalue weighted by molar-refractivity contribution is 0.422. The molecule has 1 unspecified atom stereocenters. The highest BCUT2D eigenvalue weighted by molar-refractivity contribution is 5.30. The van der Waals surface area contributed by atoms with Crippen molar-refractivity contribution >= 4 is 0 Å². The summed E-state index contributed by atoms with van der Waals surface area (Å²) in [6.45, 7) is -0.847. The van der Waals surface area contributed by atoms with E-state index in [1.54, 1.807) is 0 Å². The Labute approximate surface area is 68.6 Å². The van der Waals surface area contributed by atoms with Crippen molar-refractivity contribution < 1.29 is 13.9 Å². The lowest BCUT2D eigenvalue weighted by Gasteiger charge is -2.08. The number of alkyl halides is 1. The van der Waals surface area contributed by atoms with Crippen LogP contribution in [0.25, 0.3) is 0 Å². The van der Waals surface area contributed by atoms with Crippen LogP contribution in [0.2, 0.25) is 0 Å². The number of phenols is 1. The Balaban J connectivity index is 3.04. The van der Waals surface area contributed by atoms with Gasteiger partial charge in [0.1, 0.15) is 18.2 Å². The average Bonchev–Trinajstić information content (AvgIpc) is 2.08. The van der Waals surface area contributed by atoms with Crippen molar-refractivity contribution in [3.63, 3.8) is 0 Å². The summed E-state index contributed by atoms with van der Waals surface area (Å²) in [4.78, 5) is 0. The first kappa shape index (κ1) is 8.93. The van der Waals surface area contributed by atoms with Crippen molar-refractivity contribution in [3.05, 3.63) is 29.6 Å². The van der Waals surface area contributed by atoms with Crippen molar-refractivity contribution in [2.24, 2.45) is 5.73 Å². The summed E-state index contributed by atoms with van der Waals surface area (Å²) in [5.74, 6) is -0.715. The minimum absolute atomic E-state index is 0.00231. The van der Waals surface area contributed by atoms with Crippen LogP contribution in [0.5, 0.6) is 5.75 Å². The number of nitrogens with two attached hydrogens (primary N) is 1. The number of rotatable bonds is 2. The van der Waals surface area contributed by atoms with Crippen molar-refractivity contribution in [1.29, 1.82) is 0 Å². The number of benzene rings is 1. The van der Waals surface area contributed by atoms with Crippen molar-refractivity contribution in [3.8, 4) is 5.75 Å². The molecule has 0 amide bonds. The standard InChI is InChI=1S/C8H9F2NO/c9-4-8(11)6-3-5(12)1-2-7(6)10/h1-3,8,12H,4,11H2. The second kappa shape index (κ2) is 3.49. The van der Waals surface area contributed by atoms with Gasteiger partial charge in [0.15, 0.2) is 0 Å². The third-order valence-corrected chi connectivity index (χ3v) is 1.55. The summed E-state index contributed by atoms with van der Waals surface area (Å²) >= 11 is 0. The van der Waals surface area contributed by atoms with Gasteiger partial charge < -0.3 is 10.8 Å². The molecule has 12 heavy (non-hydrogen) atoms. The second-order valence-electron chi connectivity index (χ2n) is 2.47. The van der Waals surface area contributed by atoms with Crippen LogP contribution in [-0.2, 0) is 0 Å². The van der Waals surface area contributed by atoms with E-state index >= 15 is 0 Å². The van der Waals surface area contributed by atoms with E-state index in [0.717, 1.165) is 12.1 Å². The van der Waals surface area contributed by atoms with Gasteiger partial charge in [0, 0.05) is 5.56 Å². The van der Waals surface area contributed by atoms with E-state index in [4.69, 9.17) is 10.8 Å². The zero-order chi connectivity index (χ0) is 9.14.